The highest BCUT2D eigenvalue weighted by Gasteiger charge is 1.78. The van der Waals surface area contributed by atoms with Crippen molar-refractivity contribution in [2.75, 3.05) is 13.1 Å². The van der Waals surface area contributed by atoms with Crippen molar-refractivity contribution in [1.29, 1.82) is 0 Å². The van der Waals surface area contributed by atoms with Crippen molar-refractivity contribution in [3.05, 3.63) is 11.1 Å². The minimum absolute atomic E-state index is 0.563. The smallest absolute Gasteiger partial charge is 0.0896 e. The van der Waals surface area contributed by atoms with Crippen molar-refractivity contribution in [3.63, 3.8) is 0 Å². The lowest BCUT2D eigenvalue weighted by molar-refractivity contribution is 0.936. The van der Waals surface area contributed by atoms with Crippen LogP contribution in [0.2, 0.25) is 0 Å². The molecule has 0 aromatic carbocycles. The molecule has 0 N–H and O–H groups in total. The monoisotopic (exact) mass is 202 g/mol. The second kappa shape index (κ2) is 6.72. The zero-order valence-corrected chi connectivity index (χ0v) is 7.69. The lowest BCUT2D eigenvalue weighted by Gasteiger charge is -1.82. The summed E-state index contributed by atoms with van der Waals surface area (Å²) in [7, 11) is 0. The van der Waals surface area contributed by atoms with Crippen molar-refractivity contribution in [3.8, 4) is 0 Å². The van der Waals surface area contributed by atoms with Gasteiger partial charge in [0, 0.05) is 11.0 Å². The molecule has 0 aliphatic heterocycles. The molecule has 0 amide bonds. The Labute approximate surface area is 69.9 Å². The van der Waals surface area contributed by atoms with Crippen LogP contribution >= 0.6 is 15.9 Å². The quantitative estimate of drug-likeness (QED) is 0.627. The number of rotatable bonds is 4. The van der Waals surface area contributed by atoms with Crippen LogP contribution in [0.5, 0.6) is 0 Å². The first-order valence-corrected chi connectivity index (χ1v) is 3.98. The summed E-state index contributed by atoms with van der Waals surface area (Å²) in [6.45, 7) is 7.04. The Balaban J connectivity index is 3.44. The summed E-state index contributed by atoms with van der Waals surface area (Å²) >= 11 is 3.17. The maximum atomic E-state index is 3.88. The van der Waals surface area contributed by atoms with E-state index in [1.807, 2.05) is 0 Å². The van der Waals surface area contributed by atoms with Crippen LogP contribution in [0, 0.1) is 0 Å². The molecule has 0 radical (unpaired) electrons. The molecule has 3 heteroatoms. The van der Waals surface area contributed by atoms with E-state index < -0.39 is 0 Å². The second-order valence-electron chi connectivity index (χ2n) is 1.82. The third-order valence-electron chi connectivity index (χ3n) is 0.727. The van der Waals surface area contributed by atoms with Gasteiger partial charge < -0.3 is 0 Å². The number of hydrogen-bond donors (Lipinski definition) is 0. The Kier molecular flexibility index (Phi) is 6.45. The molecule has 2 nitrogen and oxygen atoms in total. The molecule has 0 aromatic rings. The van der Waals surface area contributed by atoms with E-state index in [1.165, 1.54) is 0 Å². The number of nitrogens with zero attached hydrogens (tertiary/aromatic N) is 2. The Morgan fingerprint density at radius 1 is 1.60 bits per heavy atom. The van der Waals surface area contributed by atoms with E-state index in [9.17, 15) is 0 Å². The van der Waals surface area contributed by atoms with Crippen LogP contribution in [-0.2, 0) is 0 Å². The minimum Gasteiger partial charge on any atom is -0.226 e. The van der Waals surface area contributed by atoms with Crippen molar-refractivity contribution < 1.29 is 0 Å². The van der Waals surface area contributed by atoms with Crippen molar-refractivity contribution in [2.45, 2.75) is 13.3 Å². The SMILES string of the molecule is C=C(Br)CN=C=NCCC. The van der Waals surface area contributed by atoms with Gasteiger partial charge in [0.2, 0.25) is 0 Å². The van der Waals surface area contributed by atoms with Gasteiger partial charge in [-0.15, -0.1) is 0 Å². The first-order chi connectivity index (χ1) is 4.77. The topological polar surface area (TPSA) is 24.7 Å². The van der Waals surface area contributed by atoms with Crippen LogP contribution in [0.1, 0.15) is 13.3 Å². The van der Waals surface area contributed by atoms with E-state index in [4.69, 9.17) is 0 Å². The maximum Gasteiger partial charge on any atom is 0.0896 e. The zero-order valence-electron chi connectivity index (χ0n) is 6.10. The predicted octanol–water partition coefficient (Wildman–Crippen LogP) is 2.48. The van der Waals surface area contributed by atoms with E-state index in [0.29, 0.717) is 6.54 Å². The van der Waals surface area contributed by atoms with E-state index in [2.05, 4.69) is 45.4 Å². The van der Waals surface area contributed by atoms with Crippen molar-refractivity contribution in [2.24, 2.45) is 9.98 Å². The molecular weight excluding hydrogens is 192 g/mol. The molecule has 0 atom stereocenters. The molecule has 0 spiro atoms. The van der Waals surface area contributed by atoms with Gasteiger partial charge in [0.25, 0.3) is 0 Å². The molecule has 10 heavy (non-hydrogen) atoms. The van der Waals surface area contributed by atoms with Crippen LogP contribution in [0.4, 0.5) is 0 Å². The highest BCUT2D eigenvalue weighted by atomic mass is 79.9. The van der Waals surface area contributed by atoms with Gasteiger partial charge >= 0.3 is 0 Å². The fourth-order valence-corrected chi connectivity index (χ4v) is 0.458. The van der Waals surface area contributed by atoms with Crippen LogP contribution in [-0.4, -0.2) is 19.1 Å². The summed E-state index contributed by atoms with van der Waals surface area (Å²) in [6, 6.07) is 2.58. The molecule has 0 aliphatic carbocycles. The summed E-state index contributed by atoms with van der Waals surface area (Å²) in [6.07, 6.45) is 1.04. The fraction of sp³-hybridized carbons (Fsp3) is 0.571. The molecule has 0 saturated carbocycles. The average molecular weight is 203 g/mol. The van der Waals surface area contributed by atoms with Gasteiger partial charge in [0.05, 0.1) is 12.6 Å². The molecule has 0 bridgehead atoms. The van der Waals surface area contributed by atoms with Gasteiger partial charge in [-0.05, 0) is 6.42 Å². The minimum atomic E-state index is 0.563. The number of halogens is 1. The summed E-state index contributed by atoms with van der Waals surface area (Å²) in [5, 5.41) is 0. The molecule has 0 aliphatic rings. The Morgan fingerprint density at radius 2 is 2.30 bits per heavy atom. The second-order valence-corrected chi connectivity index (χ2v) is 2.94. The average Bonchev–Trinajstić information content (AvgIpc) is 1.87. The largest absolute Gasteiger partial charge is 0.226 e. The highest BCUT2D eigenvalue weighted by Crippen LogP contribution is 1.98. The molecule has 0 aromatic heterocycles. The summed E-state index contributed by atoms with van der Waals surface area (Å²) < 4.78 is 0.853. The highest BCUT2D eigenvalue weighted by molar-refractivity contribution is 9.11. The summed E-state index contributed by atoms with van der Waals surface area (Å²) in [5.41, 5.74) is 0. The van der Waals surface area contributed by atoms with Gasteiger partial charge in [-0.1, -0.05) is 29.4 Å². The third kappa shape index (κ3) is 7.60. The maximum absolute atomic E-state index is 3.88. The first kappa shape index (κ1) is 9.60. The molecule has 0 saturated heterocycles. The number of aliphatic imine (C=N–C) groups is 2. The third-order valence-corrected chi connectivity index (χ3v) is 0.978. The lowest BCUT2D eigenvalue weighted by Crippen LogP contribution is -1.76. The summed E-state index contributed by atoms with van der Waals surface area (Å²) in [5.74, 6) is 0. The van der Waals surface area contributed by atoms with Gasteiger partial charge in [-0.25, -0.2) is 9.98 Å². The van der Waals surface area contributed by atoms with Crippen LogP contribution in [0.25, 0.3) is 0 Å². The van der Waals surface area contributed by atoms with Crippen LogP contribution in [0.15, 0.2) is 21.0 Å². The first-order valence-electron chi connectivity index (χ1n) is 3.18. The fourth-order valence-electron chi connectivity index (χ4n) is 0.333. The van der Waals surface area contributed by atoms with Crippen molar-refractivity contribution in [1.82, 2.24) is 0 Å². The van der Waals surface area contributed by atoms with Gasteiger partial charge in [-0.2, -0.15) is 0 Å². The van der Waals surface area contributed by atoms with E-state index in [0.717, 1.165) is 17.4 Å². The van der Waals surface area contributed by atoms with Crippen molar-refractivity contribution >= 4 is 21.9 Å². The van der Waals surface area contributed by atoms with Gasteiger partial charge in [0.1, 0.15) is 0 Å². The Hall–Kier alpha value is -0.400. The van der Waals surface area contributed by atoms with Crippen LogP contribution < -0.4 is 0 Å². The summed E-state index contributed by atoms with van der Waals surface area (Å²) in [4.78, 5) is 7.73. The van der Waals surface area contributed by atoms with E-state index >= 15 is 0 Å². The van der Waals surface area contributed by atoms with Crippen LogP contribution in [0.3, 0.4) is 0 Å². The zero-order chi connectivity index (χ0) is 7.82. The molecule has 0 heterocycles. The lowest BCUT2D eigenvalue weighted by atomic mass is 10.5. The molecular formula is C7H11BrN2. The predicted molar refractivity (Wildman–Crippen MR) is 48.0 cm³/mol. The van der Waals surface area contributed by atoms with E-state index in [1.54, 1.807) is 0 Å². The molecule has 0 fully saturated rings. The normalized spacial score (nSPS) is 8.20. The van der Waals surface area contributed by atoms with E-state index in [-0.39, 0.29) is 0 Å². The molecule has 0 unspecified atom stereocenters. The van der Waals surface area contributed by atoms with Gasteiger partial charge in [0.15, 0.2) is 0 Å². The standard InChI is InChI=1S/C7H11BrN2/c1-3-4-9-6-10-5-7(2)8/h2-5H2,1H3. The molecule has 0 rings (SSSR count). The van der Waals surface area contributed by atoms with Gasteiger partial charge in [-0.3, -0.25) is 0 Å². The number of hydrogen-bond acceptors (Lipinski definition) is 2. The Bertz CT molecular complexity index is 157. The Morgan fingerprint density at radius 3 is 2.80 bits per heavy atom. The molecule has 56 valence electrons.